The number of hydrogen-bond acceptors (Lipinski definition) is 7. The third-order valence-corrected chi connectivity index (χ3v) is 5.95. The SMILES string of the molecule is COc1cn2nc(S(=O)(=O)Cc3ccccc3)sc2nc1=O. The standard InChI is InChI=1S/C13H11N3O4S2/c1-20-10-7-16-12(14-11(10)17)21-13(15-16)22(18,19)8-9-5-3-2-4-6-9/h2-7H,8H2,1H3. The highest BCUT2D eigenvalue weighted by molar-refractivity contribution is 7.92. The Morgan fingerprint density at radius 1 is 1.27 bits per heavy atom. The molecule has 0 aliphatic rings. The first-order chi connectivity index (χ1) is 10.5. The molecule has 0 bridgehead atoms. The number of nitrogens with zero attached hydrogens (tertiary/aromatic N) is 3. The highest BCUT2D eigenvalue weighted by atomic mass is 32.2. The van der Waals surface area contributed by atoms with E-state index in [0.717, 1.165) is 11.3 Å². The molecule has 0 fully saturated rings. The zero-order valence-corrected chi connectivity index (χ0v) is 13.1. The number of benzene rings is 1. The maximum Gasteiger partial charge on any atom is 0.316 e. The summed E-state index contributed by atoms with van der Waals surface area (Å²) < 4.78 is 30.8. The Morgan fingerprint density at radius 3 is 2.68 bits per heavy atom. The summed E-state index contributed by atoms with van der Waals surface area (Å²) in [6.07, 6.45) is 1.32. The number of aromatic nitrogens is 3. The summed E-state index contributed by atoms with van der Waals surface area (Å²) in [6, 6.07) is 8.82. The Balaban J connectivity index is 2.04. The molecule has 7 nitrogen and oxygen atoms in total. The largest absolute Gasteiger partial charge is 0.490 e. The quantitative estimate of drug-likeness (QED) is 0.709. The molecule has 0 saturated heterocycles. The van der Waals surface area contributed by atoms with E-state index in [2.05, 4.69) is 10.1 Å². The van der Waals surface area contributed by atoms with Gasteiger partial charge in [-0.25, -0.2) is 12.9 Å². The molecule has 0 spiro atoms. The molecule has 0 unspecified atom stereocenters. The lowest BCUT2D eigenvalue weighted by Gasteiger charge is -1.99. The molecular weight excluding hydrogens is 326 g/mol. The summed E-state index contributed by atoms with van der Waals surface area (Å²) in [4.78, 5) is 15.6. The predicted octanol–water partition coefficient (Wildman–Crippen LogP) is 1.13. The van der Waals surface area contributed by atoms with Gasteiger partial charge in [0, 0.05) is 0 Å². The van der Waals surface area contributed by atoms with E-state index in [1.54, 1.807) is 24.3 Å². The molecule has 1 aromatic carbocycles. The highest BCUT2D eigenvalue weighted by Gasteiger charge is 2.21. The molecule has 114 valence electrons. The van der Waals surface area contributed by atoms with Crippen molar-refractivity contribution in [3.05, 3.63) is 52.4 Å². The minimum Gasteiger partial charge on any atom is -0.490 e. The fourth-order valence-corrected chi connectivity index (χ4v) is 4.34. The number of methoxy groups -OCH3 is 1. The Bertz CT molecular complexity index is 977. The molecule has 9 heteroatoms. The van der Waals surface area contributed by atoms with Gasteiger partial charge in [-0.05, 0) is 5.56 Å². The molecule has 0 N–H and O–H groups in total. The summed E-state index contributed by atoms with van der Waals surface area (Å²) in [5.74, 6) is -0.148. The van der Waals surface area contributed by atoms with Crippen molar-refractivity contribution in [3.63, 3.8) is 0 Å². The fourth-order valence-electron chi connectivity index (χ4n) is 1.86. The third kappa shape index (κ3) is 2.72. The average molecular weight is 337 g/mol. The van der Waals surface area contributed by atoms with Gasteiger partial charge in [-0.3, -0.25) is 4.79 Å². The first-order valence-corrected chi connectivity index (χ1v) is 8.68. The normalized spacial score (nSPS) is 11.7. The van der Waals surface area contributed by atoms with Gasteiger partial charge in [0.05, 0.1) is 19.1 Å². The molecule has 22 heavy (non-hydrogen) atoms. The van der Waals surface area contributed by atoms with Gasteiger partial charge in [-0.15, -0.1) is 5.10 Å². The number of hydrogen-bond donors (Lipinski definition) is 0. The maximum atomic E-state index is 12.4. The van der Waals surface area contributed by atoms with Gasteiger partial charge in [0.25, 0.3) is 0 Å². The van der Waals surface area contributed by atoms with Gasteiger partial charge in [-0.2, -0.15) is 4.98 Å². The van der Waals surface area contributed by atoms with Gasteiger partial charge in [0.1, 0.15) is 0 Å². The van der Waals surface area contributed by atoms with Crippen LogP contribution in [0.3, 0.4) is 0 Å². The van der Waals surface area contributed by atoms with Gasteiger partial charge in [0.15, 0.2) is 0 Å². The van der Waals surface area contributed by atoms with Crippen LogP contribution in [0.2, 0.25) is 0 Å². The maximum absolute atomic E-state index is 12.4. The van der Waals surface area contributed by atoms with Crippen LogP contribution in [0.4, 0.5) is 0 Å². The second kappa shape index (κ2) is 5.50. The van der Waals surface area contributed by atoms with Crippen LogP contribution in [-0.2, 0) is 15.6 Å². The van der Waals surface area contributed by atoms with Gasteiger partial charge in [-0.1, -0.05) is 41.7 Å². The van der Waals surface area contributed by atoms with Crippen molar-refractivity contribution >= 4 is 26.1 Å². The van der Waals surface area contributed by atoms with E-state index >= 15 is 0 Å². The topological polar surface area (TPSA) is 90.6 Å². The molecule has 0 aliphatic carbocycles. The number of sulfone groups is 1. The van der Waals surface area contributed by atoms with Crippen molar-refractivity contribution in [1.82, 2.24) is 14.6 Å². The average Bonchev–Trinajstić information content (AvgIpc) is 2.90. The van der Waals surface area contributed by atoms with E-state index in [4.69, 9.17) is 4.74 Å². The molecule has 0 radical (unpaired) electrons. The summed E-state index contributed by atoms with van der Waals surface area (Å²) >= 11 is 0.854. The number of rotatable bonds is 4. The molecule has 3 rings (SSSR count). The minimum absolute atomic E-state index is 0.00908. The molecule has 0 aliphatic heterocycles. The summed E-state index contributed by atoms with van der Waals surface area (Å²) in [7, 11) is -2.27. The zero-order valence-electron chi connectivity index (χ0n) is 11.5. The highest BCUT2D eigenvalue weighted by Crippen LogP contribution is 2.22. The molecule has 2 aromatic heterocycles. The first kappa shape index (κ1) is 14.7. The summed E-state index contributed by atoms with van der Waals surface area (Å²) in [5.41, 5.74) is 0.111. The smallest absolute Gasteiger partial charge is 0.316 e. The van der Waals surface area contributed by atoms with Crippen LogP contribution >= 0.6 is 11.3 Å². The lowest BCUT2D eigenvalue weighted by atomic mass is 10.2. The summed E-state index contributed by atoms with van der Waals surface area (Å²) in [6.45, 7) is 0. The fraction of sp³-hybridized carbons (Fsp3) is 0.154. The van der Waals surface area contributed by atoms with Gasteiger partial charge >= 0.3 is 5.56 Å². The Hall–Kier alpha value is -2.26. The van der Waals surface area contributed by atoms with E-state index in [1.807, 2.05) is 6.07 Å². The lowest BCUT2D eigenvalue weighted by Crippen LogP contribution is -2.11. The Kier molecular flexibility index (Phi) is 3.67. The first-order valence-electron chi connectivity index (χ1n) is 6.21. The second-order valence-corrected chi connectivity index (χ2v) is 7.57. The van der Waals surface area contributed by atoms with Crippen LogP contribution in [0.5, 0.6) is 5.75 Å². The van der Waals surface area contributed by atoms with Crippen LogP contribution in [0, 0.1) is 0 Å². The lowest BCUT2D eigenvalue weighted by molar-refractivity contribution is 0.404. The predicted molar refractivity (Wildman–Crippen MR) is 81.0 cm³/mol. The minimum atomic E-state index is -3.60. The van der Waals surface area contributed by atoms with Crippen molar-refractivity contribution in [2.24, 2.45) is 0 Å². The molecule has 3 aromatic rings. The van der Waals surface area contributed by atoms with Crippen LogP contribution in [0.1, 0.15) is 5.56 Å². The van der Waals surface area contributed by atoms with E-state index in [-0.39, 0.29) is 20.8 Å². The van der Waals surface area contributed by atoms with E-state index < -0.39 is 15.4 Å². The molecule has 0 atom stereocenters. The summed E-state index contributed by atoms with van der Waals surface area (Å²) in [5, 5.41) is 4.00. The molecule has 0 amide bonds. The molecule has 0 saturated carbocycles. The van der Waals surface area contributed by atoms with Crippen molar-refractivity contribution in [2.45, 2.75) is 10.1 Å². The van der Waals surface area contributed by atoms with Crippen molar-refractivity contribution < 1.29 is 13.2 Å². The van der Waals surface area contributed by atoms with E-state index in [1.165, 1.54) is 17.8 Å². The van der Waals surface area contributed by atoms with Gasteiger partial charge < -0.3 is 4.74 Å². The van der Waals surface area contributed by atoms with Crippen LogP contribution in [-0.4, -0.2) is 30.1 Å². The molecular formula is C13H11N3O4S2. The van der Waals surface area contributed by atoms with E-state index in [0.29, 0.717) is 5.56 Å². The van der Waals surface area contributed by atoms with Gasteiger partial charge in [0.2, 0.25) is 24.9 Å². The Morgan fingerprint density at radius 2 is 2.00 bits per heavy atom. The zero-order chi connectivity index (χ0) is 15.7. The van der Waals surface area contributed by atoms with Crippen molar-refractivity contribution in [3.8, 4) is 5.75 Å². The van der Waals surface area contributed by atoms with Crippen LogP contribution < -0.4 is 10.3 Å². The van der Waals surface area contributed by atoms with E-state index in [9.17, 15) is 13.2 Å². The number of fused-ring (bicyclic) bond motifs is 1. The number of ether oxygens (including phenoxy) is 1. The van der Waals surface area contributed by atoms with Crippen LogP contribution in [0.25, 0.3) is 4.96 Å². The van der Waals surface area contributed by atoms with Crippen LogP contribution in [0.15, 0.2) is 45.7 Å². The van der Waals surface area contributed by atoms with Crippen molar-refractivity contribution in [2.75, 3.05) is 7.11 Å². The Labute approximate surface area is 129 Å². The second-order valence-electron chi connectivity index (χ2n) is 4.45. The molecule has 2 heterocycles. The monoisotopic (exact) mass is 337 g/mol. The third-order valence-electron chi connectivity index (χ3n) is 2.90. The van der Waals surface area contributed by atoms with Crippen molar-refractivity contribution in [1.29, 1.82) is 0 Å².